The van der Waals surface area contributed by atoms with Crippen LogP contribution in [-0.2, 0) is 14.5 Å². The number of Topliss-reactive ketones (excluding diaryl/α,β-unsaturated/α-hetero) is 1. The highest BCUT2D eigenvalue weighted by molar-refractivity contribution is 5.95. The fourth-order valence-corrected chi connectivity index (χ4v) is 0.656. The lowest BCUT2D eigenvalue weighted by molar-refractivity contribution is -0.233. The van der Waals surface area contributed by atoms with Crippen molar-refractivity contribution in [2.45, 2.75) is 32.6 Å². The average Bonchev–Trinajstić information content (AvgIpc) is 2.00. The van der Waals surface area contributed by atoms with Crippen molar-refractivity contribution in [1.82, 2.24) is 0 Å². The second-order valence-corrected chi connectivity index (χ2v) is 2.28. The minimum Gasteiger partial charge on any atom is -0.301 e. The summed E-state index contributed by atoms with van der Waals surface area (Å²) in [5.74, 6) is -1.07. The van der Waals surface area contributed by atoms with Gasteiger partial charge in [-0.25, -0.2) is 4.79 Å². The minimum atomic E-state index is -0.883. The maximum Gasteiger partial charge on any atom is 0.349 e. The summed E-state index contributed by atoms with van der Waals surface area (Å²) >= 11 is 0. The minimum absolute atomic E-state index is 0.189. The van der Waals surface area contributed by atoms with E-state index in [1.807, 2.05) is 6.92 Å². The number of unbranched alkanes of at least 4 members (excludes halogenated alkanes) is 1. The molecule has 0 saturated heterocycles. The highest BCUT2D eigenvalue weighted by Crippen LogP contribution is 1.98. The van der Waals surface area contributed by atoms with Gasteiger partial charge in [-0.3, -0.25) is 4.79 Å². The molecular formula is C7H12O4. The summed E-state index contributed by atoms with van der Waals surface area (Å²) in [7, 11) is 0. The number of rotatable bonds is 5. The molecule has 4 heteroatoms. The highest BCUT2D eigenvalue weighted by atomic mass is 17.1. The van der Waals surface area contributed by atoms with Crippen LogP contribution < -0.4 is 0 Å². The van der Waals surface area contributed by atoms with Crippen LogP contribution in [0.15, 0.2) is 0 Å². The van der Waals surface area contributed by atoms with Crippen molar-refractivity contribution in [2.24, 2.45) is 0 Å². The molecule has 0 unspecified atom stereocenters. The average molecular weight is 160 g/mol. The fourth-order valence-electron chi connectivity index (χ4n) is 0.656. The van der Waals surface area contributed by atoms with E-state index >= 15 is 0 Å². The summed E-state index contributed by atoms with van der Waals surface area (Å²) in [6.07, 6.45) is 1.75. The van der Waals surface area contributed by atoms with Gasteiger partial charge in [0.25, 0.3) is 0 Å². The Balaban J connectivity index is 3.44. The standard InChI is InChI=1S/C7H12O4/c1-2-3-4-6(8)5-7(9)11-10/h10H,2-5H2,1H3. The van der Waals surface area contributed by atoms with Gasteiger partial charge in [-0.1, -0.05) is 13.3 Å². The van der Waals surface area contributed by atoms with Gasteiger partial charge in [0.15, 0.2) is 0 Å². The molecule has 0 aromatic rings. The van der Waals surface area contributed by atoms with Gasteiger partial charge in [0.1, 0.15) is 12.2 Å². The molecule has 0 aliphatic rings. The van der Waals surface area contributed by atoms with E-state index in [4.69, 9.17) is 5.26 Å². The number of hydrogen-bond donors (Lipinski definition) is 1. The maximum atomic E-state index is 10.8. The molecule has 0 saturated carbocycles. The van der Waals surface area contributed by atoms with E-state index in [1.54, 1.807) is 0 Å². The summed E-state index contributed by atoms with van der Waals surface area (Å²) in [5.41, 5.74) is 0. The Hall–Kier alpha value is -0.900. The second-order valence-electron chi connectivity index (χ2n) is 2.28. The first kappa shape index (κ1) is 10.1. The summed E-state index contributed by atoms with van der Waals surface area (Å²) < 4.78 is 0. The molecular weight excluding hydrogens is 148 g/mol. The molecule has 0 fully saturated rings. The molecule has 0 aliphatic carbocycles. The summed E-state index contributed by atoms with van der Waals surface area (Å²) in [5, 5.41) is 7.81. The molecule has 0 rings (SSSR count). The Morgan fingerprint density at radius 3 is 2.55 bits per heavy atom. The number of carbonyl (C=O) groups excluding carboxylic acids is 2. The van der Waals surface area contributed by atoms with Crippen LogP contribution in [-0.4, -0.2) is 17.0 Å². The van der Waals surface area contributed by atoms with E-state index in [2.05, 4.69) is 4.89 Å². The van der Waals surface area contributed by atoms with Crippen molar-refractivity contribution in [3.8, 4) is 0 Å². The molecule has 0 bridgehead atoms. The topological polar surface area (TPSA) is 63.6 Å². The van der Waals surface area contributed by atoms with E-state index < -0.39 is 5.97 Å². The maximum absolute atomic E-state index is 10.8. The highest BCUT2D eigenvalue weighted by Gasteiger charge is 2.09. The SMILES string of the molecule is CCCCC(=O)CC(=O)OO. The first-order chi connectivity index (χ1) is 5.20. The van der Waals surface area contributed by atoms with E-state index in [0.29, 0.717) is 6.42 Å². The normalized spacial score (nSPS) is 9.27. The quantitative estimate of drug-likeness (QED) is 0.372. The first-order valence-electron chi connectivity index (χ1n) is 3.56. The van der Waals surface area contributed by atoms with Gasteiger partial charge in [-0.2, -0.15) is 5.26 Å². The number of carbonyl (C=O) groups is 2. The van der Waals surface area contributed by atoms with Crippen molar-refractivity contribution in [1.29, 1.82) is 0 Å². The Morgan fingerprint density at radius 1 is 1.45 bits per heavy atom. The molecule has 0 radical (unpaired) electrons. The van der Waals surface area contributed by atoms with Crippen LogP contribution in [0.1, 0.15) is 32.6 Å². The zero-order valence-corrected chi connectivity index (χ0v) is 6.50. The van der Waals surface area contributed by atoms with E-state index in [-0.39, 0.29) is 12.2 Å². The third kappa shape index (κ3) is 5.54. The number of ketones is 1. The molecule has 0 heterocycles. The van der Waals surface area contributed by atoms with Gasteiger partial charge >= 0.3 is 5.97 Å². The van der Waals surface area contributed by atoms with Crippen LogP contribution in [0.5, 0.6) is 0 Å². The largest absolute Gasteiger partial charge is 0.349 e. The Bertz CT molecular complexity index is 141. The van der Waals surface area contributed by atoms with Gasteiger partial charge in [0, 0.05) is 6.42 Å². The van der Waals surface area contributed by atoms with E-state index in [0.717, 1.165) is 12.8 Å². The number of hydrogen-bond acceptors (Lipinski definition) is 4. The predicted molar refractivity (Wildman–Crippen MR) is 37.9 cm³/mol. The van der Waals surface area contributed by atoms with Crippen LogP contribution >= 0.6 is 0 Å². The first-order valence-corrected chi connectivity index (χ1v) is 3.56. The zero-order chi connectivity index (χ0) is 8.69. The van der Waals surface area contributed by atoms with Gasteiger partial charge < -0.3 is 4.89 Å². The molecule has 0 spiro atoms. The van der Waals surface area contributed by atoms with Crippen molar-refractivity contribution in [3.05, 3.63) is 0 Å². The Morgan fingerprint density at radius 2 is 2.09 bits per heavy atom. The molecule has 0 atom stereocenters. The smallest absolute Gasteiger partial charge is 0.301 e. The lowest BCUT2D eigenvalue weighted by Crippen LogP contribution is -2.08. The lowest BCUT2D eigenvalue weighted by Gasteiger charge is -1.95. The lowest BCUT2D eigenvalue weighted by atomic mass is 10.1. The fraction of sp³-hybridized carbons (Fsp3) is 0.714. The molecule has 64 valence electrons. The molecule has 11 heavy (non-hydrogen) atoms. The third-order valence-electron chi connectivity index (χ3n) is 1.25. The van der Waals surface area contributed by atoms with Gasteiger partial charge in [0.2, 0.25) is 0 Å². The van der Waals surface area contributed by atoms with E-state index in [1.165, 1.54) is 0 Å². The third-order valence-corrected chi connectivity index (χ3v) is 1.25. The Labute approximate surface area is 65.1 Å². The van der Waals surface area contributed by atoms with Crippen molar-refractivity contribution in [3.63, 3.8) is 0 Å². The predicted octanol–water partition coefficient (Wildman–Crippen LogP) is 1.15. The monoisotopic (exact) mass is 160 g/mol. The van der Waals surface area contributed by atoms with Crippen LogP contribution in [0.2, 0.25) is 0 Å². The van der Waals surface area contributed by atoms with Gasteiger partial charge in [-0.15, -0.1) is 0 Å². The second kappa shape index (κ2) is 5.85. The molecule has 0 aliphatic heterocycles. The summed E-state index contributed by atoms with van der Waals surface area (Å²) in [6.45, 7) is 1.96. The molecule has 0 amide bonds. The molecule has 1 N–H and O–H groups in total. The molecule has 0 aromatic carbocycles. The van der Waals surface area contributed by atoms with Gasteiger partial charge in [0.05, 0.1) is 0 Å². The van der Waals surface area contributed by atoms with Crippen molar-refractivity contribution < 1.29 is 19.7 Å². The summed E-state index contributed by atoms with van der Waals surface area (Å²) in [4.78, 5) is 24.4. The van der Waals surface area contributed by atoms with Crippen LogP contribution in [0.4, 0.5) is 0 Å². The van der Waals surface area contributed by atoms with Crippen LogP contribution in [0.25, 0.3) is 0 Å². The molecule has 0 aromatic heterocycles. The van der Waals surface area contributed by atoms with Crippen molar-refractivity contribution >= 4 is 11.8 Å². The van der Waals surface area contributed by atoms with E-state index in [9.17, 15) is 9.59 Å². The molecule has 4 nitrogen and oxygen atoms in total. The van der Waals surface area contributed by atoms with Crippen molar-refractivity contribution in [2.75, 3.05) is 0 Å². The Kier molecular flexibility index (Phi) is 5.37. The van der Waals surface area contributed by atoms with Crippen LogP contribution in [0, 0.1) is 0 Å². The zero-order valence-electron chi connectivity index (χ0n) is 6.50. The summed E-state index contributed by atoms with van der Waals surface area (Å²) in [6, 6.07) is 0. The van der Waals surface area contributed by atoms with Gasteiger partial charge in [-0.05, 0) is 6.42 Å². The van der Waals surface area contributed by atoms with Crippen LogP contribution in [0.3, 0.4) is 0 Å².